The molecule has 2 aliphatic rings. The summed E-state index contributed by atoms with van der Waals surface area (Å²) in [4.78, 5) is 0. The number of halogens is 4. The summed E-state index contributed by atoms with van der Waals surface area (Å²) in [7, 11) is 0. The molecule has 0 amide bonds. The Hall–Kier alpha value is -3.89. The fourth-order valence-corrected chi connectivity index (χ4v) is 5.66. The summed E-state index contributed by atoms with van der Waals surface area (Å²) < 4.78 is 12.2. The van der Waals surface area contributed by atoms with E-state index in [4.69, 9.17) is 44.3 Å². The molecule has 6 bridgehead atoms. The van der Waals surface area contributed by atoms with E-state index in [2.05, 4.69) is 15.9 Å². The highest BCUT2D eigenvalue weighted by Gasteiger charge is 2.19. The third kappa shape index (κ3) is 7.08. The standard InChI is InChI=1S/C32H24BrCl3O8/c33-22-13-24(38)16-2-4-20(35)8-18-9-21(37)12-28(42)31(18)44-30-11-17(25(39)14-23(30)36)1-3-19(34)5-15-6-26(40)32(27(41)7-15)43-29(22)10-16/h3-4,6-7,9-14,37-42H,1-2,5,8H2/b19-3+,20-4+. The molecule has 6 N–H and O–H groups in total. The molecule has 0 aromatic heterocycles. The minimum Gasteiger partial charge on any atom is -0.508 e. The number of aromatic hydroxyl groups is 6. The van der Waals surface area contributed by atoms with Gasteiger partial charge in [-0.3, -0.25) is 0 Å². The van der Waals surface area contributed by atoms with Crippen molar-refractivity contribution in [3.63, 3.8) is 0 Å². The molecule has 2 aliphatic heterocycles. The number of hydrogen-bond donors (Lipinski definition) is 6. The predicted molar refractivity (Wildman–Crippen MR) is 171 cm³/mol. The van der Waals surface area contributed by atoms with Gasteiger partial charge in [-0.2, -0.15) is 0 Å². The second-order valence-electron chi connectivity index (χ2n) is 10.0. The van der Waals surface area contributed by atoms with Gasteiger partial charge in [-0.05, 0) is 70.7 Å². The minimum atomic E-state index is -0.364. The van der Waals surface area contributed by atoms with Gasteiger partial charge in [-0.15, -0.1) is 0 Å². The third-order valence-corrected chi connectivity index (χ3v) is 8.24. The molecule has 228 valence electrons. The van der Waals surface area contributed by atoms with E-state index in [1.807, 2.05) is 0 Å². The molecule has 44 heavy (non-hydrogen) atoms. The van der Waals surface area contributed by atoms with Crippen LogP contribution in [0.3, 0.4) is 0 Å². The van der Waals surface area contributed by atoms with Gasteiger partial charge in [0.15, 0.2) is 23.0 Å². The first kappa shape index (κ1) is 31.5. The summed E-state index contributed by atoms with van der Waals surface area (Å²) in [6, 6.07) is 11.0. The van der Waals surface area contributed by atoms with Gasteiger partial charge in [0.1, 0.15) is 28.7 Å². The Morgan fingerprint density at radius 1 is 0.545 bits per heavy atom. The lowest BCUT2D eigenvalue weighted by Crippen LogP contribution is -1.97. The minimum absolute atomic E-state index is 0.00609. The molecular formula is C32H24BrCl3O8. The van der Waals surface area contributed by atoms with E-state index in [0.29, 0.717) is 31.8 Å². The van der Waals surface area contributed by atoms with E-state index in [0.717, 1.165) is 6.07 Å². The van der Waals surface area contributed by atoms with Crippen molar-refractivity contribution in [3.8, 4) is 57.5 Å². The number of phenolic OH excluding ortho intramolecular Hbond substituents is 6. The van der Waals surface area contributed by atoms with Crippen LogP contribution in [0.15, 0.2) is 75.2 Å². The Morgan fingerprint density at radius 2 is 1.09 bits per heavy atom. The van der Waals surface area contributed by atoms with Crippen LogP contribution in [0.25, 0.3) is 0 Å². The Kier molecular flexibility index (Phi) is 9.31. The zero-order valence-electron chi connectivity index (χ0n) is 22.6. The molecule has 4 aromatic carbocycles. The Balaban J connectivity index is 1.63. The Bertz CT molecular complexity index is 1810. The quantitative estimate of drug-likeness (QED) is 0.106. The molecule has 8 nitrogen and oxygen atoms in total. The van der Waals surface area contributed by atoms with E-state index in [-0.39, 0.29) is 93.2 Å². The fraction of sp³-hybridized carbons (Fsp3) is 0.125. The molecule has 0 aliphatic carbocycles. The van der Waals surface area contributed by atoms with E-state index in [1.54, 1.807) is 12.2 Å². The number of rotatable bonds is 0. The average Bonchev–Trinajstić information content (AvgIpc) is 2.93. The first-order valence-corrected chi connectivity index (χ1v) is 15.0. The highest BCUT2D eigenvalue weighted by Crippen LogP contribution is 2.45. The zero-order chi connectivity index (χ0) is 31.7. The lowest BCUT2D eigenvalue weighted by molar-refractivity contribution is 0.373. The van der Waals surface area contributed by atoms with Crippen LogP contribution in [-0.4, -0.2) is 30.6 Å². The maximum absolute atomic E-state index is 10.7. The summed E-state index contributed by atoms with van der Waals surface area (Å²) in [6.07, 6.45) is 3.74. The SMILES string of the molecule is Oc1cc(O)c2c(c1)C/C(Cl)=C\Cc1cc(c(Br)cc1O)Oc1c(O)cc(cc1O)C/C(Cl)=C\Cc1cc(c(Cl)cc1O)O2. The van der Waals surface area contributed by atoms with Gasteiger partial charge in [-0.1, -0.05) is 47.0 Å². The molecule has 12 heteroatoms. The molecule has 0 spiro atoms. The number of fused-ring (bicyclic) bond motifs is 6. The van der Waals surface area contributed by atoms with E-state index >= 15 is 0 Å². The normalized spacial score (nSPS) is 16.2. The van der Waals surface area contributed by atoms with Crippen molar-refractivity contribution in [2.45, 2.75) is 25.7 Å². The molecule has 0 unspecified atom stereocenters. The summed E-state index contributed by atoms with van der Waals surface area (Å²) in [5.41, 5.74) is 1.64. The fourth-order valence-electron chi connectivity index (χ4n) is 4.60. The molecule has 0 saturated heterocycles. The van der Waals surface area contributed by atoms with E-state index in [9.17, 15) is 30.6 Å². The van der Waals surface area contributed by atoms with E-state index < -0.39 is 0 Å². The van der Waals surface area contributed by atoms with Gasteiger partial charge < -0.3 is 40.1 Å². The molecule has 2 heterocycles. The number of ether oxygens (including phenoxy) is 2. The Labute approximate surface area is 275 Å². The van der Waals surface area contributed by atoms with Gasteiger partial charge in [0, 0.05) is 51.7 Å². The lowest BCUT2D eigenvalue weighted by Gasteiger charge is -2.16. The predicted octanol–water partition coefficient (Wildman–Crippen LogP) is 9.05. The second kappa shape index (κ2) is 13.0. The van der Waals surface area contributed by atoms with Crippen LogP contribution >= 0.6 is 50.7 Å². The average molecular weight is 723 g/mol. The van der Waals surface area contributed by atoms with Gasteiger partial charge >= 0.3 is 0 Å². The highest BCUT2D eigenvalue weighted by molar-refractivity contribution is 9.10. The zero-order valence-corrected chi connectivity index (χ0v) is 26.5. The van der Waals surface area contributed by atoms with Crippen LogP contribution in [0.5, 0.6) is 57.5 Å². The first-order chi connectivity index (χ1) is 20.9. The number of phenols is 6. The molecular weight excluding hydrogens is 699 g/mol. The lowest BCUT2D eigenvalue weighted by atomic mass is 10.1. The van der Waals surface area contributed by atoms with Gasteiger partial charge in [0.05, 0.1) is 9.50 Å². The summed E-state index contributed by atoms with van der Waals surface area (Å²) in [6.45, 7) is 0. The Morgan fingerprint density at radius 3 is 1.75 bits per heavy atom. The van der Waals surface area contributed by atoms with Crippen LogP contribution in [0, 0.1) is 0 Å². The molecule has 6 rings (SSSR count). The molecule has 0 fully saturated rings. The van der Waals surface area contributed by atoms with Gasteiger partial charge in [-0.25, -0.2) is 0 Å². The second-order valence-corrected chi connectivity index (χ2v) is 12.2. The molecule has 0 saturated carbocycles. The van der Waals surface area contributed by atoms with Crippen molar-refractivity contribution in [1.82, 2.24) is 0 Å². The van der Waals surface area contributed by atoms with E-state index in [1.165, 1.54) is 42.5 Å². The van der Waals surface area contributed by atoms with Crippen LogP contribution in [-0.2, 0) is 25.7 Å². The first-order valence-electron chi connectivity index (χ1n) is 13.0. The topological polar surface area (TPSA) is 140 Å². The van der Waals surface area contributed by atoms with Gasteiger partial charge in [0.25, 0.3) is 0 Å². The van der Waals surface area contributed by atoms with Crippen LogP contribution in [0.1, 0.15) is 22.3 Å². The van der Waals surface area contributed by atoms with Crippen molar-refractivity contribution in [3.05, 3.63) is 102 Å². The molecule has 0 radical (unpaired) electrons. The van der Waals surface area contributed by atoms with Crippen molar-refractivity contribution in [2.75, 3.05) is 0 Å². The number of hydrogen-bond acceptors (Lipinski definition) is 8. The van der Waals surface area contributed by atoms with Crippen LogP contribution in [0.4, 0.5) is 0 Å². The molecule has 0 atom stereocenters. The third-order valence-electron chi connectivity index (χ3n) is 6.75. The summed E-state index contributed by atoms with van der Waals surface area (Å²) >= 11 is 22.8. The summed E-state index contributed by atoms with van der Waals surface area (Å²) in [5.74, 6) is -1.33. The van der Waals surface area contributed by atoms with Crippen LogP contribution in [0.2, 0.25) is 5.02 Å². The smallest absolute Gasteiger partial charge is 0.210 e. The highest BCUT2D eigenvalue weighted by atomic mass is 79.9. The largest absolute Gasteiger partial charge is 0.508 e. The van der Waals surface area contributed by atoms with Crippen molar-refractivity contribution in [2.24, 2.45) is 0 Å². The maximum Gasteiger partial charge on any atom is 0.210 e. The van der Waals surface area contributed by atoms with Gasteiger partial charge in [0.2, 0.25) is 5.75 Å². The van der Waals surface area contributed by atoms with Crippen molar-refractivity contribution < 1.29 is 40.1 Å². The monoisotopic (exact) mass is 720 g/mol. The van der Waals surface area contributed by atoms with Crippen molar-refractivity contribution in [1.29, 1.82) is 0 Å². The summed E-state index contributed by atoms with van der Waals surface area (Å²) in [5, 5.41) is 64.0. The maximum atomic E-state index is 10.7. The van der Waals surface area contributed by atoms with Crippen LogP contribution < -0.4 is 9.47 Å². The van der Waals surface area contributed by atoms with Crippen molar-refractivity contribution >= 4 is 50.7 Å². The molecule has 4 aromatic rings. The number of benzene rings is 4. The number of allylic oxidation sites excluding steroid dienone is 4.